The molecular formula is C21H28N4O3S. The molecule has 1 atom stereocenters. The molecule has 2 heterocycles. The van der Waals surface area contributed by atoms with Crippen LogP contribution in [0.5, 0.6) is 0 Å². The normalized spacial score (nSPS) is 15.9. The summed E-state index contributed by atoms with van der Waals surface area (Å²) in [6.45, 7) is 8.17. The van der Waals surface area contributed by atoms with Crippen LogP contribution in [0.3, 0.4) is 0 Å². The van der Waals surface area contributed by atoms with E-state index in [-0.39, 0.29) is 17.9 Å². The molecule has 1 aromatic carbocycles. The molecule has 2 amide bonds. The quantitative estimate of drug-likeness (QED) is 0.730. The fourth-order valence-electron chi connectivity index (χ4n) is 3.46. The van der Waals surface area contributed by atoms with Gasteiger partial charge in [-0.25, -0.2) is 0 Å². The molecule has 1 N–H and O–H groups in total. The average Bonchev–Trinajstić information content (AvgIpc) is 3.05. The fraction of sp³-hybridized carbons (Fsp3) is 0.476. The minimum absolute atomic E-state index is 0.0302. The molecule has 156 valence electrons. The highest BCUT2D eigenvalue weighted by atomic mass is 32.2. The molecule has 0 aliphatic carbocycles. The molecule has 3 rings (SSSR count). The van der Waals surface area contributed by atoms with Crippen molar-refractivity contribution in [3.63, 3.8) is 0 Å². The van der Waals surface area contributed by atoms with Gasteiger partial charge >= 0.3 is 0 Å². The van der Waals surface area contributed by atoms with Crippen molar-refractivity contribution >= 4 is 29.3 Å². The Balaban J connectivity index is 1.50. The zero-order valence-corrected chi connectivity index (χ0v) is 18.2. The van der Waals surface area contributed by atoms with E-state index < -0.39 is 0 Å². The Hall–Kier alpha value is -2.32. The molecule has 0 saturated carbocycles. The molecule has 0 radical (unpaired) electrons. The molecule has 0 bridgehead atoms. The van der Waals surface area contributed by atoms with Crippen LogP contribution in [0.1, 0.15) is 23.9 Å². The highest BCUT2D eigenvalue weighted by Crippen LogP contribution is 2.19. The van der Waals surface area contributed by atoms with Crippen LogP contribution in [0.15, 0.2) is 33.7 Å². The van der Waals surface area contributed by atoms with Gasteiger partial charge in [-0.05, 0) is 51.3 Å². The van der Waals surface area contributed by atoms with Gasteiger partial charge in [0, 0.05) is 42.3 Å². The highest BCUT2D eigenvalue weighted by Gasteiger charge is 2.28. The number of benzene rings is 1. The van der Waals surface area contributed by atoms with E-state index in [1.165, 1.54) is 0 Å². The summed E-state index contributed by atoms with van der Waals surface area (Å²) in [7, 11) is 0. The van der Waals surface area contributed by atoms with Gasteiger partial charge in [0.2, 0.25) is 11.8 Å². The van der Waals surface area contributed by atoms with Crippen molar-refractivity contribution in [2.45, 2.75) is 38.1 Å². The molecule has 1 aliphatic rings. The summed E-state index contributed by atoms with van der Waals surface area (Å²) < 4.78 is 5.15. The van der Waals surface area contributed by atoms with Crippen LogP contribution >= 0.6 is 11.8 Å². The highest BCUT2D eigenvalue weighted by molar-refractivity contribution is 7.98. The van der Waals surface area contributed by atoms with E-state index >= 15 is 0 Å². The molecular weight excluding hydrogens is 388 g/mol. The first kappa shape index (κ1) is 21.4. The van der Waals surface area contributed by atoms with E-state index in [0.717, 1.165) is 21.8 Å². The van der Waals surface area contributed by atoms with Crippen molar-refractivity contribution < 1.29 is 14.1 Å². The molecule has 1 aromatic heterocycles. The second-order valence-electron chi connectivity index (χ2n) is 7.29. The Morgan fingerprint density at radius 2 is 1.83 bits per heavy atom. The smallest absolute Gasteiger partial charge is 0.241 e. The van der Waals surface area contributed by atoms with Crippen LogP contribution in [-0.4, -0.2) is 65.2 Å². The van der Waals surface area contributed by atoms with Gasteiger partial charge < -0.3 is 14.7 Å². The number of nitrogens with zero attached hydrogens (tertiary/aromatic N) is 3. The van der Waals surface area contributed by atoms with E-state index in [0.29, 0.717) is 38.4 Å². The van der Waals surface area contributed by atoms with Crippen LogP contribution < -0.4 is 5.32 Å². The number of nitrogens with one attached hydrogen (secondary N) is 1. The largest absolute Gasteiger partial charge is 0.361 e. The summed E-state index contributed by atoms with van der Waals surface area (Å²) in [6, 6.07) is 7.57. The fourth-order valence-corrected chi connectivity index (χ4v) is 3.87. The van der Waals surface area contributed by atoms with Crippen molar-refractivity contribution in [1.29, 1.82) is 0 Å². The lowest BCUT2D eigenvalue weighted by molar-refractivity contribution is -0.133. The van der Waals surface area contributed by atoms with Gasteiger partial charge in [-0.2, -0.15) is 0 Å². The van der Waals surface area contributed by atoms with Gasteiger partial charge in [0.1, 0.15) is 5.76 Å². The third kappa shape index (κ3) is 5.19. The van der Waals surface area contributed by atoms with E-state index in [4.69, 9.17) is 4.52 Å². The molecule has 7 nitrogen and oxygen atoms in total. The number of aryl methyl sites for hydroxylation is 2. The second kappa shape index (κ2) is 9.45. The predicted molar refractivity (Wildman–Crippen MR) is 114 cm³/mol. The first-order valence-electron chi connectivity index (χ1n) is 9.77. The van der Waals surface area contributed by atoms with Crippen LogP contribution in [0.25, 0.3) is 0 Å². The number of aromatic nitrogens is 1. The first-order valence-corrected chi connectivity index (χ1v) is 11.0. The summed E-state index contributed by atoms with van der Waals surface area (Å²) in [4.78, 5) is 30.4. The van der Waals surface area contributed by atoms with Crippen LogP contribution in [0, 0.1) is 13.8 Å². The lowest BCUT2D eigenvalue weighted by Gasteiger charge is -2.37. The Labute approximate surface area is 175 Å². The van der Waals surface area contributed by atoms with E-state index in [1.54, 1.807) is 11.8 Å². The molecule has 1 fully saturated rings. The van der Waals surface area contributed by atoms with Gasteiger partial charge in [-0.15, -0.1) is 11.8 Å². The molecule has 1 aliphatic heterocycles. The topological polar surface area (TPSA) is 78.7 Å². The zero-order chi connectivity index (χ0) is 21.0. The minimum atomic E-state index is -0.255. The number of piperazine rings is 1. The Kier molecular flexibility index (Phi) is 6.97. The maximum atomic E-state index is 12.6. The molecule has 29 heavy (non-hydrogen) atoms. The van der Waals surface area contributed by atoms with Crippen LogP contribution in [0.2, 0.25) is 0 Å². The third-order valence-electron chi connectivity index (χ3n) is 5.46. The average molecular weight is 417 g/mol. The number of rotatable bonds is 6. The molecule has 8 heteroatoms. The van der Waals surface area contributed by atoms with Crippen molar-refractivity contribution in [2.75, 3.05) is 37.8 Å². The second-order valence-corrected chi connectivity index (χ2v) is 8.17. The first-order chi connectivity index (χ1) is 13.9. The summed E-state index contributed by atoms with van der Waals surface area (Å²) in [6.07, 6.45) is 2.33. The third-order valence-corrected chi connectivity index (χ3v) is 6.20. The minimum Gasteiger partial charge on any atom is -0.361 e. The number of carbonyl (C=O) groups excluding carboxylic acids is 2. The van der Waals surface area contributed by atoms with Crippen LogP contribution in [0.4, 0.5) is 5.69 Å². The summed E-state index contributed by atoms with van der Waals surface area (Å²) >= 11 is 1.67. The number of carbonyl (C=O) groups is 2. The zero-order valence-electron chi connectivity index (χ0n) is 17.4. The monoisotopic (exact) mass is 416 g/mol. The van der Waals surface area contributed by atoms with Gasteiger partial charge in [-0.1, -0.05) is 5.16 Å². The van der Waals surface area contributed by atoms with E-state index in [2.05, 4.69) is 15.4 Å². The van der Waals surface area contributed by atoms with E-state index in [9.17, 15) is 9.59 Å². The predicted octanol–water partition coefficient (Wildman–Crippen LogP) is 2.73. The van der Waals surface area contributed by atoms with Crippen LogP contribution in [-0.2, 0) is 16.0 Å². The Bertz CT molecular complexity index is 838. The number of hydrogen-bond donors (Lipinski definition) is 1. The summed E-state index contributed by atoms with van der Waals surface area (Å²) in [5.74, 6) is 0.743. The number of amides is 2. The van der Waals surface area contributed by atoms with Gasteiger partial charge in [-0.3, -0.25) is 14.5 Å². The van der Waals surface area contributed by atoms with Gasteiger partial charge in [0.15, 0.2) is 0 Å². The number of hydrogen-bond acceptors (Lipinski definition) is 6. The lowest BCUT2D eigenvalue weighted by atomic mass is 10.1. The molecule has 2 aromatic rings. The van der Waals surface area contributed by atoms with Crippen molar-refractivity contribution in [3.05, 3.63) is 41.3 Å². The summed E-state index contributed by atoms with van der Waals surface area (Å²) in [5.41, 5.74) is 2.44. The Morgan fingerprint density at radius 1 is 1.17 bits per heavy atom. The van der Waals surface area contributed by atoms with Crippen molar-refractivity contribution in [2.24, 2.45) is 0 Å². The maximum Gasteiger partial charge on any atom is 0.241 e. The number of thioether (sulfide) groups is 1. The molecule has 0 spiro atoms. The van der Waals surface area contributed by atoms with Gasteiger partial charge in [0.25, 0.3) is 0 Å². The molecule has 1 saturated heterocycles. The molecule has 1 unspecified atom stereocenters. The maximum absolute atomic E-state index is 12.6. The standard InChI is InChI=1S/C21H28N4O3S/c1-14-19(16(3)28-23-14)13-20(26)25-11-9-24(10-12-25)15(2)21(27)22-17-5-7-18(29-4)8-6-17/h5-8,15H,9-13H2,1-4H3,(H,22,27). The van der Waals surface area contributed by atoms with Gasteiger partial charge in [0.05, 0.1) is 18.2 Å². The van der Waals surface area contributed by atoms with Crippen molar-refractivity contribution in [1.82, 2.24) is 15.0 Å². The summed E-state index contributed by atoms with van der Waals surface area (Å²) in [5, 5.41) is 6.89. The van der Waals surface area contributed by atoms with Crippen molar-refractivity contribution in [3.8, 4) is 0 Å². The SMILES string of the molecule is CSc1ccc(NC(=O)C(C)N2CCN(C(=O)Cc3c(C)noc3C)CC2)cc1. The number of anilines is 1. The Morgan fingerprint density at radius 3 is 2.38 bits per heavy atom. The van der Waals surface area contributed by atoms with E-state index in [1.807, 2.05) is 56.2 Å². The lowest BCUT2D eigenvalue weighted by Crippen LogP contribution is -2.54.